The number of hydrogen-bond donors (Lipinski definition) is 1. The van der Waals surface area contributed by atoms with Crippen LogP contribution in [0.25, 0.3) is 0 Å². The third-order valence-corrected chi connectivity index (χ3v) is 3.11. The molecule has 0 atom stereocenters. The Hall–Kier alpha value is -2.09. The Kier molecular flexibility index (Phi) is 4.17. The third-order valence-electron chi connectivity index (χ3n) is 3.11. The molecule has 5 nitrogen and oxygen atoms in total. The van der Waals surface area contributed by atoms with Gasteiger partial charge in [0.15, 0.2) is 0 Å². The summed E-state index contributed by atoms with van der Waals surface area (Å²) in [4.78, 5) is 23.9. The minimum atomic E-state index is -4.74. The molecular formula is C13H12F3NO4. The highest BCUT2D eigenvalue weighted by Gasteiger charge is 2.30. The molecule has 1 N–H and O–H groups in total. The van der Waals surface area contributed by atoms with Gasteiger partial charge in [0.1, 0.15) is 0 Å². The van der Waals surface area contributed by atoms with Crippen LogP contribution in [-0.2, 0) is 16.0 Å². The van der Waals surface area contributed by atoms with Gasteiger partial charge >= 0.3 is 12.3 Å². The number of halogens is 3. The zero-order valence-corrected chi connectivity index (χ0v) is 10.8. The van der Waals surface area contributed by atoms with Gasteiger partial charge in [0.2, 0.25) is 5.91 Å². The Labute approximate surface area is 117 Å². The number of amides is 1. The summed E-state index contributed by atoms with van der Waals surface area (Å²) in [7, 11) is 0. The average molecular weight is 303 g/mol. The van der Waals surface area contributed by atoms with Gasteiger partial charge in [-0.05, 0) is 30.2 Å². The van der Waals surface area contributed by atoms with Crippen LogP contribution in [0.1, 0.15) is 22.3 Å². The number of alkyl halides is 3. The smallest absolute Gasteiger partial charge is 0.478 e. The van der Waals surface area contributed by atoms with E-state index in [-0.39, 0.29) is 24.4 Å². The van der Waals surface area contributed by atoms with Crippen LogP contribution in [0.3, 0.4) is 0 Å². The largest absolute Gasteiger partial charge is 0.522 e. The predicted molar refractivity (Wildman–Crippen MR) is 66.1 cm³/mol. The van der Waals surface area contributed by atoms with E-state index in [1.54, 1.807) is 0 Å². The Morgan fingerprint density at radius 1 is 1.33 bits per heavy atom. The summed E-state index contributed by atoms with van der Waals surface area (Å²) >= 11 is 0. The number of anilines is 1. The van der Waals surface area contributed by atoms with Crippen LogP contribution in [0.5, 0.6) is 0 Å². The van der Waals surface area contributed by atoms with Gasteiger partial charge in [0.25, 0.3) is 0 Å². The summed E-state index contributed by atoms with van der Waals surface area (Å²) in [5.74, 6) is -1.40. The van der Waals surface area contributed by atoms with Crippen molar-refractivity contribution in [2.75, 3.05) is 18.1 Å². The molecule has 0 saturated carbocycles. The fourth-order valence-corrected chi connectivity index (χ4v) is 2.19. The molecule has 1 aliphatic rings. The lowest BCUT2D eigenvalue weighted by molar-refractivity contribution is -0.323. The molecule has 0 aliphatic carbocycles. The van der Waals surface area contributed by atoms with Crippen molar-refractivity contribution in [3.8, 4) is 0 Å². The number of rotatable bonds is 4. The highest BCUT2D eigenvalue weighted by atomic mass is 19.4. The number of nitrogens with zero attached hydrogens (tertiary/aromatic N) is 1. The quantitative estimate of drug-likeness (QED) is 0.926. The molecule has 0 spiro atoms. The molecule has 1 aliphatic heterocycles. The molecule has 1 heterocycles. The summed E-state index contributed by atoms with van der Waals surface area (Å²) in [6.07, 6.45) is -4.25. The molecule has 1 amide bonds. The first-order chi connectivity index (χ1) is 9.78. The predicted octanol–water partition coefficient (Wildman–Crippen LogP) is 2.20. The van der Waals surface area contributed by atoms with Crippen molar-refractivity contribution >= 4 is 17.6 Å². The van der Waals surface area contributed by atoms with Crippen LogP contribution in [0.4, 0.5) is 18.9 Å². The van der Waals surface area contributed by atoms with E-state index in [9.17, 15) is 22.8 Å². The van der Waals surface area contributed by atoms with Crippen LogP contribution >= 0.6 is 0 Å². The average Bonchev–Trinajstić information content (AvgIpc) is 2.39. The topological polar surface area (TPSA) is 66.8 Å². The lowest BCUT2D eigenvalue weighted by Crippen LogP contribution is -2.38. The van der Waals surface area contributed by atoms with Gasteiger partial charge < -0.3 is 10.0 Å². The van der Waals surface area contributed by atoms with Crippen molar-refractivity contribution in [3.63, 3.8) is 0 Å². The number of ether oxygens (including phenoxy) is 1. The summed E-state index contributed by atoms with van der Waals surface area (Å²) < 4.78 is 39.5. The van der Waals surface area contributed by atoms with Crippen LogP contribution in [0.15, 0.2) is 18.2 Å². The number of aromatic carboxylic acids is 1. The molecule has 0 aromatic heterocycles. The van der Waals surface area contributed by atoms with E-state index in [1.807, 2.05) is 0 Å². The SMILES string of the molecule is O=C(O)c1ccc2c(c1)CCC(=O)N2CCOC(F)(F)F. The van der Waals surface area contributed by atoms with Crippen molar-refractivity contribution < 1.29 is 32.6 Å². The lowest BCUT2D eigenvalue weighted by atomic mass is 9.99. The van der Waals surface area contributed by atoms with E-state index < -0.39 is 18.9 Å². The van der Waals surface area contributed by atoms with Gasteiger partial charge in [-0.2, -0.15) is 0 Å². The summed E-state index contributed by atoms with van der Waals surface area (Å²) in [5, 5.41) is 8.91. The van der Waals surface area contributed by atoms with Gasteiger partial charge in [0, 0.05) is 18.7 Å². The number of hydrogen-bond acceptors (Lipinski definition) is 3. The lowest BCUT2D eigenvalue weighted by Gasteiger charge is -2.29. The monoisotopic (exact) mass is 303 g/mol. The maximum atomic E-state index is 12.0. The van der Waals surface area contributed by atoms with Crippen molar-refractivity contribution in [2.45, 2.75) is 19.2 Å². The second kappa shape index (κ2) is 5.72. The van der Waals surface area contributed by atoms with Crippen LogP contribution in [-0.4, -0.2) is 36.5 Å². The van der Waals surface area contributed by atoms with Crippen LogP contribution in [0, 0.1) is 0 Å². The molecular weight excluding hydrogens is 291 g/mol. The summed E-state index contributed by atoms with van der Waals surface area (Å²) in [6, 6.07) is 4.18. The van der Waals surface area contributed by atoms with Crippen molar-refractivity contribution in [1.29, 1.82) is 0 Å². The normalized spacial score (nSPS) is 15.0. The number of aryl methyl sites for hydroxylation is 1. The minimum absolute atomic E-state index is 0.0783. The molecule has 21 heavy (non-hydrogen) atoms. The molecule has 0 bridgehead atoms. The van der Waals surface area contributed by atoms with Gasteiger partial charge in [-0.1, -0.05) is 0 Å². The summed E-state index contributed by atoms with van der Waals surface area (Å²) in [6.45, 7) is -0.910. The number of fused-ring (bicyclic) bond motifs is 1. The fourth-order valence-electron chi connectivity index (χ4n) is 2.19. The highest BCUT2D eigenvalue weighted by Crippen LogP contribution is 2.29. The molecule has 1 aromatic carbocycles. The molecule has 8 heteroatoms. The Bertz CT molecular complexity index is 571. The van der Waals surface area contributed by atoms with Crippen LogP contribution < -0.4 is 4.90 Å². The maximum Gasteiger partial charge on any atom is 0.522 e. The van der Waals surface area contributed by atoms with Crippen molar-refractivity contribution in [2.24, 2.45) is 0 Å². The highest BCUT2D eigenvalue weighted by molar-refractivity contribution is 5.97. The zero-order valence-electron chi connectivity index (χ0n) is 10.8. The molecule has 2 rings (SSSR count). The van der Waals surface area contributed by atoms with Gasteiger partial charge in [0.05, 0.1) is 12.2 Å². The first kappa shape index (κ1) is 15.3. The Morgan fingerprint density at radius 3 is 2.67 bits per heavy atom. The van der Waals surface area contributed by atoms with E-state index in [1.165, 1.54) is 23.1 Å². The van der Waals surface area contributed by atoms with E-state index in [4.69, 9.17) is 5.11 Å². The molecule has 0 radical (unpaired) electrons. The minimum Gasteiger partial charge on any atom is -0.478 e. The summed E-state index contributed by atoms with van der Waals surface area (Å²) in [5.41, 5.74) is 1.14. The van der Waals surface area contributed by atoms with Crippen LogP contribution in [0.2, 0.25) is 0 Å². The molecule has 114 valence electrons. The number of carbonyl (C=O) groups excluding carboxylic acids is 1. The first-order valence-electron chi connectivity index (χ1n) is 6.15. The molecule has 0 fully saturated rings. The van der Waals surface area contributed by atoms with E-state index >= 15 is 0 Å². The van der Waals surface area contributed by atoms with E-state index in [0.717, 1.165) is 0 Å². The van der Waals surface area contributed by atoms with E-state index in [2.05, 4.69) is 4.74 Å². The van der Waals surface area contributed by atoms with Crippen molar-refractivity contribution in [1.82, 2.24) is 0 Å². The third kappa shape index (κ3) is 3.72. The number of carboxylic acids is 1. The maximum absolute atomic E-state index is 12.0. The van der Waals surface area contributed by atoms with Gasteiger partial charge in [-0.25, -0.2) is 4.79 Å². The molecule has 1 aromatic rings. The van der Waals surface area contributed by atoms with Gasteiger partial charge in [-0.3, -0.25) is 9.53 Å². The standard InChI is InChI=1S/C13H12F3NO4/c14-13(15,16)21-6-5-17-10-3-1-9(12(19)20)7-8(10)2-4-11(17)18/h1,3,7H,2,4-6H2,(H,19,20). The molecule has 0 saturated heterocycles. The Balaban J connectivity index is 2.16. The molecule has 0 unspecified atom stereocenters. The van der Waals surface area contributed by atoms with Gasteiger partial charge in [-0.15, -0.1) is 13.2 Å². The number of carbonyl (C=O) groups is 2. The number of benzene rings is 1. The second-order valence-electron chi connectivity index (χ2n) is 4.49. The van der Waals surface area contributed by atoms with Crippen molar-refractivity contribution in [3.05, 3.63) is 29.3 Å². The Morgan fingerprint density at radius 2 is 2.05 bits per heavy atom. The zero-order chi connectivity index (χ0) is 15.6. The number of carboxylic acid groups (broad SMARTS) is 1. The second-order valence-corrected chi connectivity index (χ2v) is 4.49. The van der Waals surface area contributed by atoms with E-state index in [0.29, 0.717) is 17.7 Å². The fraction of sp³-hybridized carbons (Fsp3) is 0.385. The first-order valence-corrected chi connectivity index (χ1v) is 6.15.